The van der Waals surface area contributed by atoms with Crippen molar-refractivity contribution in [2.75, 3.05) is 19.8 Å². The summed E-state index contributed by atoms with van der Waals surface area (Å²) in [5.41, 5.74) is -0.761. The highest BCUT2D eigenvalue weighted by Gasteiger charge is 2.47. The highest BCUT2D eigenvalue weighted by molar-refractivity contribution is 7.89. The van der Waals surface area contributed by atoms with Gasteiger partial charge in [-0.25, -0.2) is 8.42 Å². The average molecular weight is 447 g/mol. The zero-order valence-corrected chi connectivity index (χ0v) is 17.5. The standard InChI is InChI=1S/C20H28F2N2O5S/c21-19(22)29-17-3-5-18(6-4-17)30(26,27)24-15-1-2-16(24)12-14(11-15)23-13-20(25)7-9-28-10-8-20/h3-6,14-16,19,23,25H,1-2,7-13H2. The van der Waals surface area contributed by atoms with E-state index in [4.69, 9.17) is 4.74 Å². The van der Waals surface area contributed by atoms with Gasteiger partial charge >= 0.3 is 6.61 Å². The number of benzene rings is 1. The molecule has 3 aliphatic rings. The van der Waals surface area contributed by atoms with E-state index in [-0.39, 0.29) is 28.8 Å². The molecule has 7 nitrogen and oxygen atoms in total. The second kappa shape index (κ2) is 8.66. The van der Waals surface area contributed by atoms with Crippen LogP contribution in [-0.4, -0.2) is 67.9 Å². The number of fused-ring (bicyclic) bond motifs is 2. The van der Waals surface area contributed by atoms with Crippen LogP contribution in [0.2, 0.25) is 0 Å². The summed E-state index contributed by atoms with van der Waals surface area (Å²) in [6.07, 6.45) is 4.18. The Labute approximate surface area is 175 Å². The van der Waals surface area contributed by atoms with E-state index >= 15 is 0 Å². The first-order valence-electron chi connectivity index (χ1n) is 10.4. The van der Waals surface area contributed by atoms with Crippen LogP contribution in [0.1, 0.15) is 38.5 Å². The van der Waals surface area contributed by atoms with E-state index in [0.717, 1.165) is 12.8 Å². The lowest BCUT2D eigenvalue weighted by atomic mass is 9.92. The second-order valence-corrected chi connectivity index (χ2v) is 10.3. The van der Waals surface area contributed by atoms with Crippen molar-refractivity contribution in [3.8, 4) is 5.75 Å². The van der Waals surface area contributed by atoms with Gasteiger partial charge in [0.25, 0.3) is 0 Å². The second-order valence-electron chi connectivity index (χ2n) is 8.46. The van der Waals surface area contributed by atoms with Gasteiger partial charge in [-0.05, 0) is 49.9 Å². The predicted molar refractivity (Wildman–Crippen MR) is 105 cm³/mol. The van der Waals surface area contributed by atoms with Gasteiger partial charge in [0, 0.05) is 50.7 Å². The number of sulfonamides is 1. The molecule has 2 atom stereocenters. The van der Waals surface area contributed by atoms with E-state index in [1.54, 1.807) is 4.31 Å². The van der Waals surface area contributed by atoms with Gasteiger partial charge in [0.15, 0.2) is 0 Å². The topological polar surface area (TPSA) is 88.1 Å². The van der Waals surface area contributed by atoms with Crippen molar-refractivity contribution in [1.29, 1.82) is 0 Å². The Morgan fingerprint density at radius 2 is 1.77 bits per heavy atom. The Bertz CT molecular complexity index is 816. The molecule has 0 aliphatic carbocycles. The molecule has 0 saturated carbocycles. The number of nitrogens with zero attached hydrogens (tertiary/aromatic N) is 1. The predicted octanol–water partition coefficient (Wildman–Crippen LogP) is 2.10. The number of rotatable bonds is 7. The lowest BCUT2D eigenvalue weighted by Crippen LogP contribution is -2.54. The summed E-state index contributed by atoms with van der Waals surface area (Å²) >= 11 is 0. The molecule has 3 aliphatic heterocycles. The largest absolute Gasteiger partial charge is 0.435 e. The number of alkyl halides is 2. The summed E-state index contributed by atoms with van der Waals surface area (Å²) in [6, 6.07) is 5.09. The molecule has 0 amide bonds. The number of ether oxygens (including phenoxy) is 2. The number of halogens is 2. The van der Waals surface area contributed by atoms with Crippen molar-refractivity contribution >= 4 is 10.0 Å². The van der Waals surface area contributed by atoms with Crippen molar-refractivity contribution in [3.05, 3.63) is 24.3 Å². The highest BCUT2D eigenvalue weighted by atomic mass is 32.2. The van der Waals surface area contributed by atoms with Crippen LogP contribution in [0.4, 0.5) is 8.78 Å². The van der Waals surface area contributed by atoms with Gasteiger partial charge in [-0.3, -0.25) is 0 Å². The fourth-order valence-electron chi connectivity index (χ4n) is 4.87. The molecule has 168 valence electrons. The average Bonchev–Trinajstić information content (AvgIpc) is 2.99. The van der Waals surface area contributed by atoms with Crippen LogP contribution in [0.5, 0.6) is 5.75 Å². The molecule has 2 unspecified atom stereocenters. The number of nitrogens with one attached hydrogen (secondary N) is 1. The van der Waals surface area contributed by atoms with Crippen LogP contribution in [0.15, 0.2) is 29.2 Å². The van der Waals surface area contributed by atoms with Gasteiger partial charge in [0.2, 0.25) is 10.0 Å². The monoisotopic (exact) mass is 446 g/mol. The molecular weight excluding hydrogens is 418 g/mol. The Morgan fingerprint density at radius 3 is 2.33 bits per heavy atom. The van der Waals surface area contributed by atoms with E-state index in [2.05, 4.69) is 10.1 Å². The summed E-state index contributed by atoms with van der Waals surface area (Å²) in [5, 5.41) is 14.1. The van der Waals surface area contributed by atoms with Crippen LogP contribution >= 0.6 is 0 Å². The van der Waals surface area contributed by atoms with E-state index < -0.39 is 22.2 Å². The first-order chi connectivity index (χ1) is 14.3. The molecule has 3 fully saturated rings. The molecule has 3 heterocycles. The Morgan fingerprint density at radius 1 is 1.17 bits per heavy atom. The molecule has 0 radical (unpaired) electrons. The van der Waals surface area contributed by atoms with Gasteiger partial charge in [-0.2, -0.15) is 13.1 Å². The van der Waals surface area contributed by atoms with Crippen LogP contribution in [0.25, 0.3) is 0 Å². The fourth-order valence-corrected chi connectivity index (χ4v) is 6.76. The zero-order chi connectivity index (χ0) is 21.4. The molecule has 2 N–H and O–H groups in total. The van der Waals surface area contributed by atoms with Gasteiger partial charge in [-0.1, -0.05) is 0 Å². The zero-order valence-electron chi connectivity index (χ0n) is 16.7. The fraction of sp³-hybridized carbons (Fsp3) is 0.700. The Hall–Kier alpha value is -1.33. The molecule has 0 spiro atoms. The van der Waals surface area contributed by atoms with E-state index in [9.17, 15) is 22.3 Å². The van der Waals surface area contributed by atoms with Gasteiger partial charge in [-0.15, -0.1) is 0 Å². The minimum Gasteiger partial charge on any atom is -0.435 e. The molecule has 10 heteroatoms. The van der Waals surface area contributed by atoms with Gasteiger partial charge in [0.05, 0.1) is 10.5 Å². The summed E-state index contributed by atoms with van der Waals surface area (Å²) in [7, 11) is -3.72. The Kier molecular flexibility index (Phi) is 6.32. The molecule has 30 heavy (non-hydrogen) atoms. The van der Waals surface area contributed by atoms with Gasteiger partial charge in [0.1, 0.15) is 5.75 Å². The molecule has 0 aromatic heterocycles. The van der Waals surface area contributed by atoms with Gasteiger partial charge < -0.3 is 19.9 Å². The summed E-state index contributed by atoms with van der Waals surface area (Å²) in [5.74, 6) is -0.0686. The SMILES string of the molecule is O=S(=O)(c1ccc(OC(F)F)cc1)N1C2CCC1CC(NCC1(O)CCOCC1)C2. The number of hydrogen-bond donors (Lipinski definition) is 2. The maximum atomic E-state index is 13.2. The maximum Gasteiger partial charge on any atom is 0.387 e. The third kappa shape index (κ3) is 4.62. The lowest BCUT2D eigenvalue weighted by molar-refractivity contribution is -0.0637. The first kappa shape index (κ1) is 21.9. The Balaban J connectivity index is 1.40. The van der Waals surface area contributed by atoms with Crippen molar-refractivity contribution < 1.29 is 31.8 Å². The van der Waals surface area contributed by atoms with Crippen molar-refractivity contribution in [2.24, 2.45) is 0 Å². The van der Waals surface area contributed by atoms with Crippen LogP contribution < -0.4 is 10.1 Å². The molecule has 3 saturated heterocycles. The molecular formula is C20H28F2N2O5S. The van der Waals surface area contributed by atoms with Crippen LogP contribution in [0.3, 0.4) is 0 Å². The first-order valence-corrected chi connectivity index (χ1v) is 11.8. The third-order valence-corrected chi connectivity index (χ3v) is 8.45. The lowest BCUT2D eigenvalue weighted by Gasteiger charge is -2.40. The smallest absolute Gasteiger partial charge is 0.387 e. The summed E-state index contributed by atoms with van der Waals surface area (Å²) in [4.78, 5) is 0.0870. The van der Waals surface area contributed by atoms with E-state index in [1.165, 1.54) is 24.3 Å². The minimum atomic E-state index is -3.72. The van der Waals surface area contributed by atoms with E-state index in [1.807, 2.05) is 0 Å². The normalized spacial score (nSPS) is 29.3. The molecule has 2 bridgehead atoms. The summed E-state index contributed by atoms with van der Waals surface area (Å²) < 4.78 is 62.3. The number of hydrogen-bond acceptors (Lipinski definition) is 6. The van der Waals surface area contributed by atoms with Crippen molar-refractivity contribution in [3.63, 3.8) is 0 Å². The maximum absolute atomic E-state index is 13.2. The molecule has 1 aromatic carbocycles. The number of piperidine rings is 1. The van der Waals surface area contributed by atoms with Crippen molar-refractivity contribution in [1.82, 2.24) is 9.62 Å². The summed E-state index contributed by atoms with van der Waals surface area (Å²) in [6.45, 7) is -1.35. The molecule has 4 rings (SSSR count). The molecule has 1 aromatic rings. The quantitative estimate of drug-likeness (QED) is 0.667. The van der Waals surface area contributed by atoms with Crippen LogP contribution in [-0.2, 0) is 14.8 Å². The minimum absolute atomic E-state index is 0.0686. The number of aliphatic hydroxyl groups is 1. The third-order valence-electron chi connectivity index (χ3n) is 6.43. The van der Waals surface area contributed by atoms with E-state index in [0.29, 0.717) is 45.4 Å². The van der Waals surface area contributed by atoms with Crippen LogP contribution in [0, 0.1) is 0 Å². The highest BCUT2D eigenvalue weighted by Crippen LogP contribution is 2.40. The van der Waals surface area contributed by atoms with Crippen molar-refractivity contribution in [2.45, 2.75) is 73.8 Å².